The highest BCUT2D eigenvalue weighted by Gasteiger charge is 2.67. The zero-order chi connectivity index (χ0) is 21.9. The van der Waals surface area contributed by atoms with Gasteiger partial charge in [0.25, 0.3) is 0 Å². The van der Waals surface area contributed by atoms with Crippen LogP contribution in [0.1, 0.15) is 105 Å². The average Bonchev–Trinajstić information content (AvgIpc) is 3.01. The van der Waals surface area contributed by atoms with Crippen molar-refractivity contribution in [3.63, 3.8) is 0 Å². The SMILES string of the molecule is CC(C)CCC[C@@H](C)C1CCC2C3CC(O)[C@@]4(O)CC(O)CC[C@@]4(C)C3CCC21C. The number of hydrogen-bond donors (Lipinski definition) is 3. The molecule has 30 heavy (non-hydrogen) atoms. The minimum atomic E-state index is -1.11. The van der Waals surface area contributed by atoms with Gasteiger partial charge in [0.1, 0.15) is 0 Å². The predicted octanol–water partition coefficient (Wildman–Crippen LogP) is 5.55. The average molecular weight is 421 g/mol. The first-order valence-electron chi connectivity index (χ1n) is 13.1. The molecule has 174 valence electrons. The van der Waals surface area contributed by atoms with Crippen LogP contribution in [0.15, 0.2) is 0 Å². The van der Waals surface area contributed by atoms with E-state index in [0.717, 1.165) is 37.0 Å². The van der Waals surface area contributed by atoms with Crippen molar-refractivity contribution in [2.24, 2.45) is 46.3 Å². The number of hydrogen-bond acceptors (Lipinski definition) is 3. The number of aliphatic hydroxyl groups is 3. The Labute approximate surface area is 185 Å². The fraction of sp³-hybridized carbons (Fsp3) is 1.00. The van der Waals surface area contributed by atoms with E-state index in [1.807, 2.05) is 0 Å². The highest BCUT2D eigenvalue weighted by Crippen LogP contribution is 2.69. The Morgan fingerprint density at radius 2 is 1.63 bits per heavy atom. The van der Waals surface area contributed by atoms with Crippen molar-refractivity contribution in [3.8, 4) is 0 Å². The predicted molar refractivity (Wildman–Crippen MR) is 122 cm³/mol. The van der Waals surface area contributed by atoms with E-state index < -0.39 is 17.8 Å². The zero-order valence-electron chi connectivity index (χ0n) is 20.2. The molecule has 0 aromatic carbocycles. The Bertz CT molecular complexity index is 619. The molecular weight excluding hydrogens is 372 g/mol. The summed E-state index contributed by atoms with van der Waals surface area (Å²) < 4.78 is 0. The molecule has 0 amide bonds. The molecule has 4 saturated carbocycles. The summed E-state index contributed by atoms with van der Waals surface area (Å²) in [6.45, 7) is 12.0. The van der Waals surface area contributed by atoms with Crippen LogP contribution >= 0.6 is 0 Å². The van der Waals surface area contributed by atoms with Gasteiger partial charge in [-0.3, -0.25) is 0 Å². The van der Waals surface area contributed by atoms with Gasteiger partial charge in [-0.25, -0.2) is 0 Å². The van der Waals surface area contributed by atoms with E-state index in [9.17, 15) is 15.3 Å². The molecular formula is C27H48O3. The quantitative estimate of drug-likeness (QED) is 0.546. The molecule has 3 N–H and O–H groups in total. The summed E-state index contributed by atoms with van der Waals surface area (Å²) in [5.41, 5.74) is -0.962. The summed E-state index contributed by atoms with van der Waals surface area (Å²) in [5, 5.41) is 33.0. The molecule has 10 atom stereocenters. The van der Waals surface area contributed by atoms with E-state index in [0.29, 0.717) is 29.6 Å². The Kier molecular flexibility index (Phi) is 6.17. The molecule has 4 aliphatic carbocycles. The van der Waals surface area contributed by atoms with Gasteiger partial charge in [-0.1, -0.05) is 53.9 Å². The Balaban J connectivity index is 1.53. The largest absolute Gasteiger partial charge is 0.393 e. The van der Waals surface area contributed by atoms with Gasteiger partial charge in [-0.05, 0) is 85.9 Å². The molecule has 0 aromatic rings. The summed E-state index contributed by atoms with van der Waals surface area (Å²) >= 11 is 0. The van der Waals surface area contributed by atoms with E-state index in [4.69, 9.17) is 0 Å². The lowest BCUT2D eigenvalue weighted by molar-refractivity contribution is -0.264. The van der Waals surface area contributed by atoms with E-state index in [1.54, 1.807) is 0 Å². The first-order valence-corrected chi connectivity index (χ1v) is 13.1. The zero-order valence-corrected chi connectivity index (χ0v) is 20.2. The van der Waals surface area contributed by atoms with Crippen LogP contribution in [-0.4, -0.2) is 33.1 Å². The second kappa shape index (κ2) is 8.03. The van der Waals surface area contributed by atoms with Crippen LogP contribution in [0.2, 0.25) is 0 Å². The summed E-state index contributed by atoms with van der Waals surface area (Å²) in [7, 11) is 0. The summed E-state index contributed by atoms with van der Waals surface area (Å²) in [6, 6.07) is 0. The molecule has 7 unspecified atom stereocenters. The fourth-order valence-electron chi connectivity index (χ4n) is 9.29. The maximum atomic E-state index is 11.6. The molecule has 3 nitrogen and oxygen atoms in total. The van der Waals surface area contributed by atoms with E-state index in [1.165, 1.54) is 44.9 Å². The number of fused-ring (bicyclic) bond motifs is 5. The summed E-state index contributed by atoms with van der Waals surface area (Å²) in [6.07, 6.45) is 10.7. The maximum absolute atomic E-state index is 11.6. The first-order chi connectivity index (χ1) is 14.0. The molecule has 4 rings (SSSR count). The number of aliphatic hydroxyl groups excluding tert-OH is 2. The van der Waals surface area contributed by atoms with Gasteiger partial charge >= 0.3 is 0 Å². The third kappa shape index (κ3) is 3.41. The Morgan fingerprint density at radius 1 is 0.900 bits per heavy atom. The molecule has 0 radical (unpaired) electrons. The van der Waals surface area contributed by atoms with Crippen LogP contribution in [0.25, 0.3) is 0 Å². The summed E-state index contributed by atoms with van der Waals surface area (Å²) in [5.74, 6) is 4.13. The van der Waals surface area contributed by atoms with Gasteiger partial charge in [0, 0.05) is 11.8 Å². The minimum Gasteiger partial charge on any atom is -0.393 e. The normalized spacial score (nSPS) is 51.9. The topological polar surface area (TPSA) is 60.7 Å². The van der Waals surface area contributed by atoms with Crippen molar-refractivity contribution >= 4 is 0 Å². The highest BCUT2D eigenvalue weighted by atomic mass is 16.3. The lowest BCUT2D eigenvalue weighted by atomic mass is 9.42. The Morgan fingerprint density at radius 3 is 2.33 bits per heavy atom. The van der Waals surface area contributed by atoms with Crippen LogP contribution in [-0.2, 0) is 0 Å². The van der Waals surface area contributed by atoms with Crippen molar-refractivity contribution in [1.82, 2.24) is 0 Å². The Hall–Kier alpha value is -0.120. The molecule has 0 spiro atoms. The fourth-order valence-corrected chi connectivity index (χ4v) is 9.29. The summed E-state index contributed by atoms with van der Waals surface area (Å²) in [4.78, 5) is 0. The third-order valence-corrected chi connectivity index (χ3v) is 11.0. The lowest BCUT2D eigenvalue weighted by Crippen LogP contribution is -2.68. The molecule has 4 fully saturated rings. The number of rotatable bonds is 5. The molecule has 0 saturated heterocycles. The maximum Gasteiger partial charge on any atom is 0.0985 e. The molecule has 0 heterocycles. The smallest absolute Gasteiger partial charge is 0.0985 e. The molecule has 4 aliphatic rings. The standard InChI is InChI=1S/C27H48O3/c1-17(2)7-6-8-18(3)21-9-10-22-20-15-24(29)27(30)16-19(28)11-14-26(27,5)23(20)12-13-25(21,22)4/h17-24,28-30H,6-16H2,1-5H3/t18-,19?,20?,21?,22?,23?,24?,25?,26+,27+/m1/s1. The molecule has 0 aliphatic heterocycles. The van der Waals surface area contributed by atoms with E-state index >= 15 is 0 Å². The van der Waals surface area contributed by atoms with Crippen LogP contribution < -0.4 is 0 Å². The second-order valence-electron chi connectivity index (χ2n) is 12.9. The van der Waals surface area contributed by atoms with Gasteiger partial charge < -0.3 is 15.3 Å². The van der Waals surface area contributed by atoms with Crippen LogP contribution in [0, 0.1) is 46.3 Å². The van der Waals surface area contributed by atoms with Crippen molar-refractivity contribution in [1.29, 1.82) is 0 Å². The van der Waals surface area contributed by atoms with Crippen molar-refractivity contribution in [2.45, 2.75) is 123 Å². The van der Waals surface area contributed by atoms with Crippen LogP contribution in [0.3, 0.4) is 0 Å². The monoisotopic (exact) mass is 420 g/mol. The molecule has 3 heteroatoms. The van der Waals surface area contributed by atoms with Crippen molar-refractivity contribution < 1.29 is 15.3 Å². The van der Waals surface area contributed by atoms with Gasteiger partial charge in [0.15, 0.2) is 0 Å². The highest BCUT2D eigenvalue weighted by molar-refractivity contribution is 5.17. The van der Waals surface area contributed by atoms with E-state index in [2.05, 4.69) is 34.6 Å². The molecule has 0 aromatic heterocycles. The third-order valence-electron chi connectivity index (χ3n) is 11.0. The molecule has 0 bridgehead atoms. The van der Waals surface area contributed by atoms with Crippen molar-refractivity contribution in [2.75, 3.05) is 0 Å². The minimum absolute atomic E-state index is 0.253. The van der Waals surface area contributed by atoms with E-state index in [-0.39, 0.29) is 5.41 Å². The van der Waals surface area contributed by atoms with Gasteiger partial charge in [0.05, 0.1) is 17.8 Å². The van der Waals surface area contributed by atoms with Crippen LogP contribution in [0.4, 0.5) is 0 Å². The first kappa shape index (κ1) is 23.1. The lowest BCUT2D eigenvalue weighted by Gasteiger charge is -2.65. The van der Waals surface area contributed by atoms with Gasteiger partial charge in [-0.2, -0.15) is 0 Å². The van der Waals surface area contributed by atoms with Crippen LogP contribution in [0.5, 0.6) is 0 Å². The van der Waals surface area contributed by atoms with Gasteiger partial charge in [0.2, 0.25) is 0 Å². The van der Waals surface area contributed by atoms with Crippen molar-refractivity contribution in [3.05, 3.63) is 0 Å². The van der Waals surface area contributed by atoms with Gasteiger partial charge in [-0.15, -0.1) is 0 Å². The second-order valence-corrected chi connectivity index (χ2v) is 12.9.